The van der Waals surface area contributed by atoms with Gasteiger partial charge in [-0.2, -0.15) is 0 Å². The maximum absolute atomic E-state index is 13.0. The number of piperidine rings is 1. The smallest absolute Gasteiger partial charge is 0.237 e. The summed E-state index contributed by atoms with van der Waals surface area (Å²) in [5, 5.41) is 2.59. The van der Waals surface area contributed by atoms with Crippen molar-refractivity contribution in [2.45, 2.75) is 32.1 Å². The molecule has 5 nitrogen and oxygen atoms in total. The quantitative estimate of drug-likeness (QED) is 0.812. The molecule has 1 aliphatic heterocycles. The average molecular weight is 332 g/mol. The lowest BCUT2D eigenvalue weighted by Gasteiger charge is -2.44. The molecule has 3 unspecified atom stereocenters. The van der Waals surface area contributed by atoms with Gasteiger partial charge in [0.1, 0.15) is 5.75 Å². The molecule has 1 aromatic rings. The lowest BCUT2D eigenvalue weighted by atomic mass is 9.61. The van der Waals surface area contributed by atoms with E-state index in [0.29, 0.717) is 6.42 Å². The number of ether oxygens (including phenoxy) is 1. The van der Waals surface area contributed by atoms with E-state index in [4.69, 9.17) is 4.74 Å². The molecule has 0 bridgehead atoms. The molecule has 1 N–H and O–H groups in total. The van der Waals surface area contributed by atoms with Crippen molar-refractivity contribution >= 4 is 11.8 Å². The SMILES string of the molecule is COc1cccc(C2(CCCN(C)C)C(=O)NC(=O)C(C)C2C)c1. The van der Waals surface area contributed by atoms with Gasteiger partial charge >= 0.3 is 0 Å². The van der Waals surface area contributed by atoms with Crippen LogP contribution in [0.1, 0.15) is 32.3 Å². The van der Waals surface area contributed by atoms with Gasteiger partial charge in [-0.1, -0.05) is 26.0 Å². The number of rotatable bonds is 6. The van der Waals surface area contributed by atoms with Gasteiger partial charge < -0.3 is 9.64 Å². The van der Waals surface area contributed by atoms with Crippen LogP contribution >= 0.6 is 0 Å². The molecule has 132 valence electrons. The summed E-state index contributed by atoms with van der Waals surface area (Å²) in [6.07, 6.45) is 1.58. The van der Waals surface area contributed by atoms with E-state index in [0.717, 1.165) is 24.3 Å². The minimum atomic E-state index is -0.710. The van der Waals surface area contributed by atoms with Crippen molar-refractivity contribution < 1.29 is 14.3 Å². The Morgan fingerprint density at radius 2 is 1.96 bits per heavy atom. The number of nitrogens with one attached hydrogen (secondary N) is 1. The number of carbonyl (C=O) groups excluding carboxylic acids is 2. The van der Waals surface area contributed by atoms with Gasteiger partial charge in [-0.15, -0.1) is 0 Å². The van der Waals surface area contributed by atoms with Crippen LogP contribution in [0.4, 0.5) is 0 Å². The molecular formula is C19H28N2O3. The summed E-state index contributed by atoms with van der Waals surface area (Å²) < 4.78 is 5.34. The zero-order valence-electron chi connectivity index (χ0n) is 15.3. The molecule has 1 aliphatic rings. The summed E-state index contributed by atoms with van der Waals surface area (Å²) in [5.41, 5.74) is 0.211. The fourth-order valence-corrected chi connectivity index (χ4v) is 3.65. The van der Waals surface area contributed by atoms with Crippen molar-refractivity contribution in [3.05, 3.63) is 29.8 Å². The summed E-state index contributed by atoms with van der Waals surface area (Å²) in [6.45, 7) is 4.80. The minimum Gasteiger partial charge on any atom is -0.497 e. The summed E-state index contributed by atoms with van der Waals surface area (Å²) in [4.78, 5) is 27.2. The second kappa shape index (κ2) is 7.34. The maximum atomic E-state index is 13.0. The summed E-state index contributed by atoms with van der Waals surface area (Å²) in [7, 11) is 5.66. The Morgan fingerprint density at radius 1 is 1.25 bits per heavy atom. The van der Waals surface area contributed by atoms with E-state index < -0.39 is 5.41 Å². The lowest BCUT2D eigenvalue weighted by molar-refractivity contribution is -0.145. The number of amides is 2. The van der Waals surface area contributed by atoms with E-state index in [1.807, 2.05) is 52.2 Å². The van der Waals surface area contributed by atoms with Crippen molar-refractivity contribution in [3.63, 3.8) is 0 Å². The molecule has 1 heterocycles. The third-order valence-corrected chi connectivity index (χ3v) is 5.34. The predicted molar refractivity (Wildman–Crippen MR) is 93.9 cm³/mol. The summed E-state index contributed by atoms with van der Waals surface area (Å²) in [6, 6.07) is 7.67. The van der Waals surface area contributed by atoms with E-state index >= 15 is 0 Å². The van der Waals surface area contributed by atoms with Crippen LogP contribution in [-0.2, 0) is 15.0 Å². The number of hydrogen-bond donors (Lipinski definition) is 1. The van der Waals surface area contributed by atoms with Crippen molar-refractivity contribution in [2.24, 2.45) is 11.8 Å². The first kappa shape index (κ1) is 18.5. The Hall–Kier alpha value is -1.88. The van der Waals surface area contributed by atoms with E-state index in [1.54, 1.807) is 7.11 Å². The van der Waals surface area contributed by atoms with Crippen molar-refractivity contribution in [1.29, 1.82) is 0 Å². The van der Waals surface area contributed by atoms with Crippen LogP contribution in [0.15, 0.2) is 24.3 Å². The molecule has 24 heavy (non-hydrogen) atoms. The first-order valence-electron chi connectivity index (χ1n) is 8.47. The second-order valence-electron chi connectivity index (χ2n) is 7.01. The highest BCUT2D eigenvalue weighted by atomic mass is 16.5. The van der Waals surface area contributed by atoms with Gasteiger partial charge in [0.15, 0.2) is 0 Å². The maximum Gasteiger partial charge on any atom is 0.237 e. The third kappa shape index (κ3) is 3.31. The molecule has 2 rings (SSSR count). The van der Waals surface area contributed by atoms with Crippen LogP contribution < -0.4 is 10.1 Å². The van der Waals surface area contributed by atoms with E-state index in [-0.39, 0.29) is 23.7 Å². The van der Waals surface area contributed by atoms with E-state index in [9.17, 15) is 9.59 Å². The van der Waals surface area contributed by atoms with Gasteiger partial charge in [-0.05, 0) is 57.1 Å². The van der Waals surface area contributed by atoms with Gasteiger partial charge in [-0.3, -0.25) is 14.9 Å². The van der Waals surface area contributed by atoms with E-state index in [1.165, 1.54) is 0 Å². The Kier molecular flexibility index (Phi) is 5.65. The topological polar surface area (TPSA) is 58.6 Å². The highest BCUT2D eigenvalue weighted by Crippen LogP contribution is 2.44. The Morgan fingerprint density at radius 3 is 2.58 bits per heavy atom. The molecule has 2 amide bonds. The molecule has 1 aromatic carbocycles. The molecular weight excluding hydrogens is 304 g/mol. The Balaban J connectivity index is 2.47. The molecule has 5 heteroatoms. The van der Waals surface area contributed by atoms with Gasteiger partial charge in [0.25, 0.3) is 0 Å². The third-order valence-electron chi connectivity index (χ3n) is 5.34. The number of nitrogens with zero attached hydrogens (tertiary/aromatic N) is 1. The van der Waals surface area contributed by atoms with E-state index in [2.05, 4.69) is 10.2 Å². The molecule has 0 aromatic heterocycles. The highest BCUT2D eigenvalue weighted by Gasteiger charge is 2.52. The van der Waals surface area contributed by atoms with Crippen LogP contribution in [0, 0.1) is 11.8 Å². The zero-order chi connectivity index (χ0) is 17.9. The monoisotopic (exact) mass is 332 g/mol. The first-order chi connectivity index (χ1) is 11.3. The largest absolute Gasteiger partial charge is 0.497 e. The number of methoxy groups -OCH3 is 1. The van der Waals surface area contributed by atoms with Crippen molar-refractivity contribution in [1.82, 2.24) is 10.2 Å². The molecule has 0 saturated carbocycles. The fourth-order valence-electron chi connectivity index (χ4n) is 3.65. The Bertz CT molecular complexity index is 614. The van der Waals surface area contributed by atoms with Crippen LogP contribution in [0.2, 0.25) is 0 Å². The van der Waals surface area contributed by atoms with Crippen LogP contribution in [0.5, 0.6) is 5.75 Å². The van der Waals surface area contributed by atoms with Crippen LogP contribution in [0.25, 0.3) is 0 Å². The molecule has 3 atom stereocenters. The second-order valence-corrected chi connectivity index (χ2v) is 7.01. The lowest BCUT2D eigenvalue weighted by Crippen LogP contribution is -2.59. The molecule has 1 saturated heterocycles. The Labute approximate surface area is 144 Å². The standard InChI is InChI=1S/C19H28N2O3/c1-13-14(2)19(10-7-11-21(3)4,18(23)20-17(13)22)15-8-6-9-16(12-15)24-5/h6,8-9,12-14H,7,10-11H2,1-5H3,(H,20,22,23). The average Bonchev–Trinajstić information content (AvgIpc) is 2.56. The van der Waals surface area contributed by atoms with Gasteiger partial charge in [0.05, 0.1) is 12.5 Å². The van der Waals surface area contributed by atoms with Crippen LogP contribution in [0.3, 0.4) is 0 Å². The van der Waals surface area contributed by atoms with Gasteiger partial charge in [-0.25, -0.2) is 0 Å². The fraction of sp³-hybridized carbons (Fsp3) is 0.579. The number of benzene rings is 1. The molecule has 1 fully saturated rings. The van der Waals surface area contributed by atoms with Crippen molar-refractivity contribution in [3.8, 4) is 5.75 Å². The van der Waals surface area contributed by atoms with Gasteiger partial charge in [0, 0.05) is 5.92 Å². The first-order valence-corrected chi connectivity index (χ1v) is 8.47. The summed E-state index contributed by atoms with van der Waals surface area (Å²) >= 11 is 0. The predicted octanol–water partition coefficient (Wildman–Crippen LogP) is 2.20. The van der Waals surface area contributed by atoms with Crippen LogP contribution in [-0.4, -0.2) is 44.5 Å². The normalized spacial score (nSPS) is 27.2. The zero-order valence-corrected chi connectivity index (χ0v) is 15.3. The number of hydrogen-bond acceptors (Lipinski definition) is 4. The number of imide groups is 1. The molecule has 0 aliphatic carbocycles. The highest BCUT2D eigenvalue weighted by molar-refractivity contribution is 6.04. The van der Waals surface area contributed by atoms with Gasteiger partial charge in [0.2, 0.25) is 11.8 Å². The number of carbonyl (C=O) groups is 2. The minimum absolute atomic E-state index is 0.0759. The summed E-state index contributed by atoms with van der Waals surface area (Å²) in [5.74, 6) is 0.0639. The molecule has 0 spiro atoms. The molecule has 0 radical (unpaired) electrons. The van der Waals surface area contributed by atoms with Crippen molar-refractivity contribution in [2.75, 3.05) is 27.7 Å².